The van der Waals surface area contributed by atoms with E-state index in [1.165, 1.54) is 24.1 Å². The molecular weight excluding hydrogens is 348 g/mol. The summed E-state index contributed by atoms with van der Waals surface area (Å²) < 4.78 is 11.1. The van der Waals surface area contributed by atoms with Crippen molar-refractivity contribution in [2.24, 2.45) is 0 Å². The van der Waals surface area contributed by atoms with E-state index in [2.05, 4.69) is 47.5 Å². The van der Waals surface area contributed by atoms with Crippen LogP contribution in [0, 0.1) is 0 Å². The molecule has 1 heterocycles. The van der Waals surface area contributed by atoms with Crippen molar-refractivity contribution >= 4 is 5.69 Å². The second-order valence-electron chi connectivity index (χ2n) is 7.70. The predicted molar refractivity (Wildman–Crippen MR) is 117 cm³/mol. The van der Waals surface area contributed by atoms with Crippen molar-refractivity contribution in [2.75, 3.05) is 45.3 Å². The van der Waals surface area contributed by atoms with Crippen LogP contribution < -0.4 is 19.7 Å². The number of anilines is 1. The molecule has 152 valence electrons. The molecule has 1 N–H and O–H groups in total. The highest BCUT2D eigenvalue weighted by Gasteiger charge is 2.36. The first kappa shape index (κ1) is 20.5. The highest BCUT2D eigenvalue weighted by molar-refractivity contribution is 5.59. The number of methoxy groups -OCH3 is 2. The quantitative estimate of drug-likeness (QED) is 0.641. The molecule has 0 saturated carbocycles. The minimum atomic E-state index is 0.140. The molecule has 2 aromatic rings. The van der Waals surface area contributed by atoms with Crippen LogP contribution in [0.4, 0.5) is 5.69 Å². The first-order valence-electron chi connectivity index (χ1n) is 10.5. The van der Waals surface area contributed by atoms with Gasteiger partial charge in [0.05, 0.1) is 19.9 Å². The van der Waals surface area contributed by atoms with E-state index >= 15 is 0 Å². The maximum absolute atomic E-state index is 5.59. The maximum Gasteiger partial charge on any atom is 0.142 e. The molecule has 1 aliphatic rings. The van der Waals surface area contributed by atoms with E-state index in [9.17, 15) is 0 Å². The number of ether oxygens (including phenoxy) is 2. The van der Waals surface area contributed by atoms with Crippen LogP contribution in [-0.4, -0.2) is 40.4 Å². The molecule has 0 radical (unpaired) electrons. The molecule has 1 aliphatic heterocycles. The molecule has 0 aliphatic carbocycles. The van der Waals surface area contributed by atoms with Gasteiger partial charge in [0.2, 0.25) is 0 Å². The fraction of sp³-hybridized carbons (Fsp3) is 0.500. The number of unbranched alkanes of at least 4 members (excludes halogenated alkanes) is 1. The summed E-state index contributed by atoms with van der Waals surface area (Å²) in [5, 5.41) is 3.73. The van der Waals surface area contributed by atoms with Gasteiger partial charge in [-0.15, -0.1) is 0 Å². The molecule has 4 heteroatoms. The van der Waals surface area contributed by atoms with E-state index in [1.807, 2.05) is 18.2 Å². The first-order valence-corrected chi connectivity index (χ1v) is 10.5. The number of para-hydroxylation sites is 2. The van der Waals surface area contributed by atoms with Crippen LogP contribution in [0.1, 0.15) is 38.2 Å². The maximum atomic E-state index is 5.59. The van der Waals surface area contributed by atoms with Gasteiger partial charge in [0, 0.05) is 25.0 Å². The van der Waals surface area contributed by atoms with Crippen LogP contribution in [0.2, 0.25) is 0 Å². The minimum absolute atomic E-state index is 0.140. The number of hydrogen-bond donors (Lipinski definition) is 1. The fourth-order valence-corrected chi connectivity index (χ4v) is 4.22. The summed E-state index contributed by atoms with van der Waals surface area (Å²) in [5.41, 5.74) is 2.72. The van der Waals surface area contributed by atoms with Gasteiger partial charge in [-0.2, -0.15) is 0 Å². The molecule has 4 nitrogen and oxygen atoms in total. The molecule has 1 saturated heterocycles. The molecular formula is C24H34N2O2. The Labute approximate surface area is 169 Å². The van der Waals surface area contributed by atoms with Gasteiger partial charge in [0.25, 0.3) is 0 Å². The van der Waals surface area contributed by atoms with Crippen molar-refractivity contribution in [3.05, 3.63) is 54.1 Å². The molecule has 0 bridgehead atoms. The van der Waals surface area contributed by atoms with Gasteiger partial charge < -0.3 is 19.7 Å². The topological polar surface area (TPSA) is 33.7 Å². The molecule has 0 amide bonds. The summed E-state index contributed by atoms with van der Waals surface area (Å²) in [6.45, 7) is 6.38. The zero-order valence-electron chi connectivity index (χ0n) is 17.5. The summed E-state index contributed by atoms with van der Waals surface area (Å²) in [6.07, 6.45) is 4.66. The number of benzene rings is 2. The summed E-state index contributed by atoms with van der Waals surface area (Å²) in [4.78, 5) is 2.46. The van der Waals surface area contributed by atoms with Gasteiger partial charge in [0.1, 0.15) is 11.5 Å². The van der Waals surface area contributed by atoms with Crippen molar-refractivity contribution in [2.45, 2.75) is 38.0 Å². The number of rotatable bonds is 9. The normalized spacial score (nSPS) is 16.0. The van der Waals surface area contributed by atoms with Crippen LogP contribution in [-0.2, 0) is 5.41 Å². The van der Waals surface area contributed by atoms with E-state index in [0.717, 1.165) is 50.5 Å². The smallest absolute Gasteiger partial charge is 0.142 e. The molecule has 0 aromatic heterocycles. The van der Waals surface area contributed by atoms with Crippen molar-refractivity contribution in [1.29, 1.82) is 0 Å². The minimum Gasteiger partial charge on any atom is -0.497 e. The Hall–Kier alpha value is -2.20. The Morgan fingerprint density at radius 2 is 1.79 bits per heavy atom. The SMILES string of the molecule is CCCCNCC1(c2cccc(OC)c2)CCN(c2ccccc2OC)CC1. The summed E-state index contributed by atoms with van der Waals surface area (Å²) in [7, 11) is 3.50. The molecule has 2 aromatic carbocycles. The third-order valence-electron chi connectivity index (χ3n) is 6.00. The number of nitrogens with zero attached hydrogens (tertiary/aromatic N) is 1. The van der Waals surface area contributed by atoms with E-state index in [-0.39, 0.29) is 5.41 Å². The summed E-state index contributed by atoms with van der Waals surface area (Å²) in [5.74, 6) is 1.90. The lowest BCUT2D eigenvalue weighted by Crippen LogP contribution is -2.48. The van der Waals surface area contributed by atoms with E-state index in [0.29, 0.717) is 0 Å². The lowest BCUT2D eigenvalue weighted by Gasteiger charge is -2.43. The second kappa shape index (κ2) is 9.83. The molecule has 0 unspecified atom stereocenters. The van der Waals surface area contributed by atoms with Crippen molar-refractivity contribution in [1.82, 2.24) is 5.32 Å². The Morgan fingerprint density at radius 1 is 1.00 bits per heavy atom. The monoisotopic (exact) mass is 382 g/mol. The Kier molecular flexibility index (Phi) is 7.21. The zero-order valence-corrected chi connectivity index (χ0v) is 17.5. The number of nitrogens with one attached hydrogen (secondary N) is 1. The summed E-state index contributed by atoms with van der Waals surface area (Å²) in [6, 6.07) is 17.0. The average Bonchev–Trinajstić information content (AvgIpc) is 2.77. The van der Waals surface area contributed by atoms with Gasteiger partial charge in [-0.3, -0.25) is 0 Å². The standard InChI is InChI=1S/C24H34N2O2/c1-4-5-15-25-19-24(20-9-8-10-21(18-20)27-2)13-16-26(17-14-24)22-11-6-7-12-23(22)28-3/h6-12,18,25H,4-5,13-17,19H2,1-3H3. The van der Waals surface area contributed by atoms with E-state index in [4.69, 9.17) is 9.47 Å². The van der Waals surface area contributed by atoms with Crippen LogP contribution in [0.25, 0.3) is 0 Å². The fourth-order valence-electron chi connectivity index (χ4n) is 4.22. The molecule has 28 heavy (non-hydrogen) atoms. The van der Waals surface area contributed by atoms with Crippen molar-refractivity contribution in [3.63, 3.8) is 0 Å². The zero-order chi connectivity index (χ0) is 19.8. The second-order valence-corrected chi connectivity index (χ2v) is 7.70. The van der Waals surface area contributed by atoms with Gasteiger partial charge in [-0.1, -0.05) is 37.6 Å². The predicted octanol–water partition coefficient (Wildman–Crippen LogP) is 4.63. The molecule has 0 spiro atoms. The van der Waals surface area contributed by atoms with E-state index in [1.54, 1.807) is 14.2 Å². The third kappa shape index (κ3) is 4.61. The Balaban J connectivity index is 1.79. The Morgan fingerprint density at radius 3 is 2.50 bits per heavy atom. The lowest BCUT2D eigenvalue weighted by atomic mass is 9.72. The molecule has 1 fully saturated rings. The summed E-state index contributed by atoms with van der Waals surface area (Å²) >= 11 is 0. The van der Waals surface area contributed by atoms with Crippen LogP contribution >= 0.6 is 0 Å². The van der Waals surface area contributed by atoms with Crippen molar-refractivity contribution in [3.8, 4) is 11.5 Å². The van der Waals surface area contributed by atoms with Gasteiger partial charge >= 0.3 is 0 Å². The van der Waals surface area contributed by atoms with Crippen LogP contribution in [0.3, 0.4) is 0 Å². The number of hydrogen-bond acceptors (Lipinski definition) is 4. The van der Waals surface area contributed by atoms with E-state index < -0.39 is 0 Å². The van der Waals surface area contributed by atoms with Gasteiger partial charge in [0.15, 0.2) is 0 Å². The van der Waals surface area contributed by atoms with Gasteiger partial charge in [-0.05, 0) is 55.6 Å². The highest BCUT2D eigenvalue weighted by Crippen LogP contribution is 2.39. The van der Waals surface area contributed by atoms with Crippen LogP contribution in [0.15, 0.2) is 48.5 Å². The number of piperidine rings is 1. The third-order valence-corrected chi connectivity index (χ3v) is 6.00. The van der Waals surface area contributed by atoms with Gasteiger partial charge in [-0.25, -0.2) is 0 Å². The first-order chi connectivity index (χ1) is 13.7. The molecule has 0 atom stereocenters. The van der Waals surface area contributed by atoms with Crippen molar-refractivity contribution < 1.29 is 9.47 Å². The molecule has 3 rings (SSSR count). The average molecular weight is 383 g/mol. The Bertz CT molecular complexity index is 739. The lowest BCUT2D eigenvalue weighted by molar-refractivity contribution is 0.310. The highest BCUT2D eigenvalue weighted by atomic mass is 16.5. The largest absolute Gasteiger partial charge is 0.497 e. The van der Waals surface area contributed by atoms with Crippen LogP contribution in [0.5, 0.6) is 11.5 Å².